The Morgan fingerprint density at radius 3 is 2.64 bits per heavy atom. The van der Waals surface area contributed by atoms with Crippen molar-refractivity contribution >= 4 is 41.0 Å². The van der Waals surface area contributed by atoms with Crippen LogP contribution in [-0.4, -0.2) is 16.4 Å². The minimum absolute atomic E-state index is 0. The lowest BCUT2D eigenvalue weighted by Gasteiger charge is -2.05. The predicted molar refractivity (Wildman–Crippen MR) is 97.9 cm³/mol. The molecule has 0 amide bonds. The highest BCUT2D eigenvalue weighted by molar-refractivity contribution is 7.17. The summed E-state index contributed by atoms with van der Waals surface area (Å²) in [5.41, 5.74) is 3.22. The molecule has 0 fully saturated rings. The summed E-state index contributed by atoms with van der Waals surface area (Å²) in [6.07, 6.45) is 4.10. The molecular formula is C18H12ClFN2O2S. The Balaban J connectivity index is 0.00000182. The maximum atomic E-state index is 14.7. The number of hydrogen-bond donors (Lipinski definition) is 0. The lowest BCUT2D eigenvalue weighted by Crippen LogP contribution is -1.85. The predicted octanol–water partition coefficient (Wildman–Crippen LogP) is 5.30. The Labute approximate surface area is 152 Å². The highest BCUT2D eigenvalue weighted by Gasteiger charge is 2.18. The molecule has 1 aromatic carbocycles. The van der Waals surface area contributed by atoms with E-state index in [1.54, 1.807) is 31.5 Å². The van der Waals surface area contributed by atoms with Crippen molar-refractivity contribution in [1.29, 1.82) is 0 Å². The third-order valence-electron chi connectivity index (χ3n) is 3.84. The first-order chi connectivity index (χ1) is 11.7. The Kier molecular flexibility index (Phi) is 4.65. The van der Waals surface area contributed by atoms with E-state index in [4.69, 9.17) is 4.52 Å². The lowest BCUT2D eigenvalue weighted by molar-refractivity contribution is 0.112. The number of fused-ring (bicyclic) bond motifs is 1. The van der Waals surface area contributed by atoms with Crippen molar-refractivity contribution in [2.24, 2.45) is 0 Å². The molecule has 25 heavy (non-hydrogen) atoms. The van der Waals surface area contributed by atoms with Crippen LogP contribution in [0.4, 0.5) is 4.39 Å². The van der Waals surface area contributed by atoms with Crippen LogP contribution < -0.4 is 0 Å². The van der Waals surface area contributed by atoms with Crippen molar-refractivity contribution in [3.8, 4) is 21.6 Å². The molecule has 0 saturated carbocycles. The minimum Gasteiger partial charge on any atom is -0.356 e. The quantitative estimate of drug-likeness (QED) is 0.456. The van der Waals surface area contributed by atoms with Gasteiger partial charge in [-0.15, -0.1) is 23.7 Å². The number of nitrogens with zero attached hydrogens (tertiary/aromatic N) is 2. The molecule has 0 aliphatic carbocycles. The zero-order chi connectivity index (χ0) is 16.7. The summed E-state index contributed by atoms with van der Waals surface area (Å²) >= 11 is 1.25. The minimum atomic E-state index is -0.372. The second kappa shape index (κ2) is 6.74. The molecule has 3 heterocycles. The van der Waals surface area contributed by atoms with Gasteiger partial charge in [0.1, 0.15) is 5.82 Å². The SMILES string of the molecule is Cc1noc2cc(-c3sc(C=O)cc3-c3ccncc3)c(F)cc12.Cl. The fourth-order valence-corrected chi connectivity index (χ4v) is 3.68. The molecule has 0 aliphatic heterocycles. The van der Waals surface area contributed by atoms with Crippen LogP contribution >= 0.6 is 23.7 Å². The van der Waals surface area contributed by atoms with E-state index in [1.165, 1.54) is 17.4 Å². The number of aldehydes is 1. The van der Waals surface area contributed by atoms with E-state index in [0.717, 1.165) is 17.4 Å². The Morgan fingerprint density at radius 2 is 1.92 bits per heavy atom. The summed E-state index contributed by atoms with van der Waals surface area (Å²) in [6.45, 7) is 1.77. The molecule has 0 unspecified atom stereocenters. The van der Waals surface area contributed by atoms with Crippen molar-refractivity contribution in [3.63, 3.8) is 0 Å². The molecule has 126 valence electrons. The van der Waals surface area contributed by atoms with Gasteiger partial charge in [0.25, 0.3) is 0 Å². The molecule has 0 atom stereocenters. The standard InChI is InChI=1S/C18H11FN2O2S.ClH/c1-10-13-7-16(19)15(8-17(13)23-21-10)18-14(6-12(9-22)24-18)11-2-4-20-5-3-11;/h2-9H,1H3;1H. The molecular weight excluding hydrogens is 363 g/mol. The van der Waals surface area contributed by atoms with Crippen LogP contribution in [-0.2, 0) is 0 Å². The van der Waals surface area contributed by atoms with Crippen LogP contribution in [0.15, 0.2) is 47.2 Å². The maximum absolute atomic E-state index is 14.7. The summed E-state index contributed by atoms with van der Waals surface area (Å²) in [5, 5.41) is 4.52. The molecule has 4 aromatic rings. The molecule has 0 bridgehead atoms. The van der Waals surface area contributed by atoms with Gasteiger partial charge in [-0.3, -0.25) is 9.78 Å². The number of rotatable bonds is 3. The van der Waals surface area contributed by atoms with Crippen molar-refractivity contribution in [1.82, 2.24) is 10.1 Å². The number of pyridine rings is 1. The Hall–Kier alpha value is -2.57. The van der Waals surface area contributed by atoms with E-state index >= 15 is 0 Å². The van der Waals surface area contributed by atoms with Gasteiger partial charge in [-0.25, -0.2) is 4.39 Å². The Morgan fingerprint density at radius 1 is 1.16 bits per heavy atom. The normalized spacial score (nSPS) is 10.6. The zero-order valence-corrected chi connectivity index (χ0v) is 14.7. The monoisotopic (exact) mass is 374 g/mol. The van der Waals surface area contributed by atoms with Gasteiger partial charge in [-0.2, -0.15) is 0 Å². The van der Waals surface area contributed by atoms with Gasteiger partial charge in [0, 0.05) is 33.8 Å². The van der Waals surface area contributed by atoms with Crippen LogP contribution in [0.1, 0.15) is 15.4 Å². The Bertz CT molecular complexity index is 1060. The highest BCUT2D eigenvalue weighted by Crippen LogP contribution is 2.41. The molecule has 7 heteroatoms. The summed E-state index contributed by atoms with van der Waals surface area (Å²) in [7, 11) is 0. The number of halogens is 2. The van der Waals surface area contributed by atoms with Gasteiger partial charge in [-0.05, 0) is 42.8 Å². The summed E-state index contributed by atoms with van der Waals surface area (Å²) in [5.74, 6) is -0.372. The van der Waals surface area contributed by atoms with Crippen LogP contribution in [0.3, 0.4) is 0 Å². The molecule has 4 rings (SSSR count). The smallest absolute Gasteiger partial charge is 0.167 e. The first-order valence-electron chi connectivity index (χ1n) is 7.22. The van der Waals surface area contributed by atoms with Gasteiger partial charge in [0.15, 0.2) is 11.9 Å². The molecule has 4 nitrogen and oxygen atoms in total. The first kappa shape index (κ1) is 17.3. The number of aryl methyl sites for hydroxylation is 1. The van der Waals surface area contributed by atoms with Gasteiger partial charge in [-0.1, -0.05) is 5.16 Å². The van der Waals surface area contributed by atoms with Crippen molar-refractivity contribution in [3.05, 3.63) is 59.1 Å². The number of carbonyl (C=O) groups is 1. The van der Waals surface area contributed by atoms with E-state index in [-0.39, 0.29) is 18.2 Å². The number of thiophene rings is 1. The van der Waals surface area contributed by atoms with E-state index < -0.39 is 0 Å². The molecule has 0 saturated heterocycles. The second-order valence-corrected chi connectivity index (χ2v) is 6.43. The summed E-state index contributed by atoms with van der Waals surface area (Å²) in [6, 6.07) is 8.48. The maximum Gasteiger partial charge on any atom is 0.167 e. The second-order valence-electron chi connectivity index (χ2n) is 5.34. The van der Waals surface area contributed by atoms with Gasteiger partial charge in [0.05, 0.1) is 10.6 Å². The van der Waals surface area contributed by atoms with Gasteiger partial charge < -0.3 is 4.52 Å². The number of benzene rings is 1. The van der Waals surface area contributed by atoms with Crippen LogP contribution in [0.25, 0.3) is 32.5 Å². The summed E-state index contributed by atoms with van der Waals surface area (Å²) < 4.78 is 20.0. The van der Waals surface area contributed by atoms with Crippen molar-refractivity contribution in [2.75, 3.05) is 0 Å². The zero-order valence-electron chi connectivity index (χ0n) is 13.0. The van der Waals surface area contributed by atoms with Crippen LogP contribution in [0.5, 0.6) is 0 Å². The lowest BCUT2D eigenvalue weighted by atomic mass is 10.0. The summed E-state index contributed by atoms with van der Waals surface area (Å²) in [4.78, 5) is 16.4. The van der Waals surface area contributed by atoms with E-state index in [0.29, 0.717) is 32.0 Å². The van der Waals surface area contributed by atoms with E-state index in [2.05, 4.69) is 10.1 Å². The first-order valence-corrected chi connectivity index (χ1v) is 8.04. The third kappa shape index (κ3) is 2.94. The molecule has 3 aromatic heterocycles. The highest BCUT2D eigenvalue weighted by atomic mass is 35.5. The van der Waals surface area contributed by atoms with Crippen LogP contribution in [0, 0.1) is 12.7 Å². The van der Waals surface area contributed by atoms with E-state index in [9.17, 15) is 9.18 Å². The third-order valence-corrected chi connectivity index (χ3v) is 4.94. The van der Waals surface area contributed by atoms with E-state index in [1.807, 2.05) is 12.1 Å². The molecule has 0 N–H and O–H groups in total. The van der Waals surface area contributed by atoms with Crippen molar-refractivity contribution in [2.45, 2.75) is 6.92 Å². The fourth-order valence-electron chi connectivity index (χ4n) is 2.67. The van der Waals surface area contributed by atoms with Crippen molar-refractivity contribution < 1.29 is 13.7 Å². The molecule has 0 radical (unpaired) electrons. The number of hydrogen-bond acceptors (Lipinski definition) is 5. The van der Waals surface area contributed by atoms with Gasteiger partial charge >= 0.3 is 0 Å². The average Bonchev–Trinajstić information content (AvgIpc) is 3.19. The fraction of sp³-hybridized carbons (Fsp3) is 0.0556. The van der Waals surface area contributed by atoms with Gasteiger partial charge in [0.2, 0.25) is 0 Å². The topological polar surface area (TPSA) is 56.0 Å². The number of aromatic nitrogens is 2. The van der Waals surface area contributed by atoms with Crippen LogP contribution in [0.2, 0.25) is 0 Å². The number of carbonyl (C=O) groups excluding carboxylic acids is 1. The largest absolute Gasteiger partial charge is 0.356 e. The molecule has 0 aliphatic rings. The molecule has 0 spiro atoms. The average molecular weight is 375 g/mol.